The predicted molar refractivity (Wildman–Crippen MR) is 122 cm³/mol. The Morgan fingerprint density at radius 1 is 0.583 bits per heavy atom. The van der Waals surface area contributed by atoms with Gasteiger partial charge in [0.1, 0.15) is 29.1 Å². The molecule has 0 unspecified atom stereocenters. The Hall–Kier alpha value is -3.94. The highest BCUT2D eigenvalue weighted by molar-refractivity contribution is 5.75. The predicted octanol–water partition coefficient (Wildman–Crippen LogP) is 9.43. The topological polar surface area (TPSA) is 0 Å². The first-order valence-corrected chi connectivity index (χ1v) is 10.5. The van der Waals surface area contributed by atoms with Crippen LogP contribution in [0.5, 0.6) is 0 Å². The van der Waals surface area contributed by atoms with Crippen molar-refractivity contribution >= 4 is 5.83 Å². The van der Waals surface area contributed by atoms with Crippen LogP contribution in [0.4, 0.5) is 35.1 Å². The van der Waals surface area contributed by atoms with Gasteiger partial charge in [0.05, 0.1) is 11.6 Å². The van der Waals surface area contributed by atoms with Gasteiger partial charge in [0, 0.05) is 11.1 Å². The molecule has 0 nitrogen and oxygen atoms in total. The molecule has 0 heterocycles. The van der Waals surface area contributed by atoms with Crippen LogP contribution in [0.1, 0.15) is 11.1 Å². The summed E-state index contributed by atoms with van der Waals surface area (Å²) in [7, 11) is 0. The molecule has 4 rings (SSSR count). The normalized spacial score (nSPS) is 12.2. The van der Waals surface area contributed by atoms with Crippen molar-refractivity contribution in [1.29, 1.82) is 0 Å². The summed E-state index contributed by atoms with van der Waals surface area (Å²) in [6.45, 7) is 1.92. The minimum atomic E-state index is -5.13. The van der Waals surface area contributed by atoms with Crippen molar-refractivity contribution in [2.45, 2.75) is 13.1 Å². The Bertz CT molecular complexity index is 1440. The van der Waals surface area contributed by atoms with Crippen molar-refractivity contribution in [3.8, 4) is 33.4 Å². The van der Waals surface area contributed by atoms with E-state index in [4.69, 9.17) is 0 Å². The van der Waals surface area contributed by atoms with E-state index in [-0.39, 0.29) is 22.3 Å². The molecule has 0 amide bonds. The molecule has 0 aliphatic rings. The molecule has 0 aliphatic carbocycles. The summed E-state index contributed by atoms with van der Waals surface area (Å²) in [6, 6.07) is 16.4. The van der Waals surface area contributed by atoms with E-state index in [1.807, 2.05) is 31.2 Å². The van der Waals surface area contributed by atoms with E-state index in [1.165, 1.54) is 18.2 Å². The highest BCUT2D eigenvalue weighted by Crippen LogP contribution is 2.35. The zero-order valence-electron chi connectivity index (χ0n) is 18.5. The van der Waals surface area contributed by atoms with Gasteiger partial charge < -0.3 is 0 Å². The third-order valence-corrected chi connectivity index (χ3v) is 5.52. The third-order valence-electron chi connectivity index (χ3n) is 5.52. The van der Waals surface area contributed by atoms with Crippen molar-refractivity contribution in [2.24, 2.45) is 0 Å². The van der Waals surface area contributed by atoms with Gasteiger partial charge in [0.15, 0.2) is 0 Å². The van der Waals surface area contributed by atoms with Crippen LogP contribution >= 0.6 is 0 Å². The highest BCUT2D eigenvalue weighted by atomic mass is 19.4. The SMILES string of the molecule is Cc1ccc(-c2ccc(-c3ccc(-c4cc(F)c(/C(F)=C/C(F)(F)F)c(F)c4)c(F)c3)c(F)c2)cc1. The molecule has 184 valence electrons. The molecule has 0 N–H and O–H groups in total. The van der Waals surface area contributed by atoms with Crippen molar-refractivity contribution < 1.29 is 35.1 Å². The van der Waals surface area contributed by atoms with Crippen LogP contribution in [0.3, 0.4) is 0 Å². The minimum Gasteiger partial charge on any atom is -0.206 e. The van der Waals surface area contributed by atoms with Crippen LogP contribution in [0.25, 0.3) is 39.2 Å². The van der Waals surface area contributed by atoms with E-state index >= 15 is 0 Å². The second-order valence-electron chi connectivity index (χ2n) is 8.10. The number of alkyl halides is 3. The molecular weight excluding hydrogens is 488 g/mol. The van der Waals surface area contributed by atoms with Gasteiger partial charge >= 0.3 is 6.18 Å². The van der Waals surface area contributed by atoms with E-state index in [0.29, 0.717) is 17.7 Å². The molecule has 0 bridgehead atoms. The summed E-state index contributed by atoms with van der Waals surface area (Å²) >= 11 is 0. The average Bonchev–Trinajstić information content (AvgIpc) is 2.77. The van der Waals surface area contributed by atoms with E-state index in [2.05, 4.69) is 0 Å². The van der Waals surface area contributed by atoms with E-state index in [1.54, 1.807) is 6.07 Å². The van der Waals surface area contributed by atoms with Crippen LogP contribution in [-0.4, -0.2) is 6.18 Å². The Labute approximate surface area is 201 Å². The quantitative estimate of drug-likeness (QED) is 0.243. The van der Waals surface area contributed by atoms with Crippen molar-refractivity contribution in [3.05, 3.63) is 113 Å². The lowest BCUT2D eigenvalue weighted by Gasteiger charge is -2.11. The van der Waals surface area contributed by atoms with Gasteiger partial charge in [-0.15, -0.1) is 0 Å². The second-order valence-corrected chi connectivity index (χ2v) is 8.10. The average molecular weight is 504 g/mol. The van der Waals surface area contributed by atoms with Gasteiger partial charge in [-0.25, -0.2) is 22.0 Å². The molecule has 4 aromatic carbocycles. The molecule has 0 aliphatic heterocycles. The van der Waals surface area contributed by atoms with Crippen LogP contribution in [0, 0.1) is 30.2 Å². The molecule has 36 heavy (non-hydrogen) atoms. The largest absolute Gasteiger partial charge is 0.412 e. The lowest BCUT2D eigenvalue weighted by Crippen LogP contribution is -2.04. The summed E-state index contributed by atoms with van der Waals surface area (Å²) in [4.78, 5) is 0. The van der Waals surface area contributed by atoms with Crippen LogP contribution in [0.2, 0.25) is 0 Å². The van der Waals surface area contributed by atoms with Crippen molar-refractivity contribution in [1.82, 2.24) is 0 Å². The monoisotopic (exact) mass is 504 g/mol. The summed E-state index contributed by atoms with van der Waals surface area (Å²) in [5, 5.41) is 0. The maximum Gasteiger partial charge on any atom is 0.412 e. The Morgan fingerprint density at radius 2 is 1.03 bits per heavy atom. The highest BCUT2D eigenvalue weighted by Gasteiger charge is 2.28. The number of benzene rings is 4. The first-order valence-electron chi connectivity index (χ1n) is 10.5. The van der Waals surface area contributed by atoms with Gasteiger partial charge in [-0.1, -0.05) is 54.1 Å². The van der Waals surface area contributed by atoms with Gasteiger partial charge in [-0.3, -0.25) is 0 Å². The lowest BCUT2D eigenvalue weighted by molar-refractivity contribution is -0.0798. The molecule has 4 aromatic rings. The third kappa shape index (κ3) is 5.32. The van der Waals surface area contributed by atoms with Gasteiger partial charge in [0.2, 0.25) is 0 Å². The fourth-order valence-electron chi connectivity index (χ4n) is 3.76. The first-order chi connectivity index (χ1) is 16.9. The number of aryl methyl sites for hydroxylation is 1. The summed E-state index contributed by atoms with van der Waals surface area (Å²) < 4.78 is 109. The van der Waals surface area contributed by atoms with Gasteiger partial charge in [-0.2, -0.15) is 13.2 Å². The Morgan fingerprint density at radius 3 is 1.56 bits per heavy atom. The van der Waals surface area contributed by atoms with E-state index in [0.717, 1.165) is 23.3 Å². The Balaban J connectivity index is 1.67. The lowest BCUT2D eigenvalue weighted by atomic mass is 9.96. The number of hydrogen-bond acceptors (Lipinski definition) is 0. The maximum absolute atomic E-state index is 14.9. The molecule has 0 saturated heterocycles. The van der Waals surface area contributed by atoms with Crippen LogP contribution in [-0.2, 0) is 0 Å². The standard InChI is InChI=1S/C28H16F8/c1-15-2-4-16(5-3-15)17-6-8-20(22(29)10-17)18-7-9-21(23(30)11-18)19-12-24(31)27(25(32)13-19)26(33)14-28(34,35)36/h2-14H,1H3/b26-14-. The number of rotatable bonds is 4. The van der Waals surface area contributed by atoms with E-state index < -0.39 is 46.9 Å². The molecule has 0 atom stereocenters. The van der Waals surface area contributed by atoms with Gasteiger partial charge in [0.25, 0.3) is 0 Å². The molecular formula is C28H16F8. The minimum absolute atomic E-state index is 0.0865. The summed E-state index contributed by atoms with van der Waals surface area (Å²) in [6.07, 6.45) is -6.00. The summed E-state index contributed by atoms with van der Waals surface area (Å²) in [5.41, 5.74) is 0.512. The van der Waals surface area contributed by atoms with Crippen molar-refractivity contribution in [3.63, 3.8) is 0 Å². The molecule has 0 spiro atoms. The molecule has 0 aromatic heterocycles. The molecule has 0 radical (unpaired) electrons. The number of hydrogen-bond donors (Lipinski definition) is 0. The smallest absolute Gasteiger partial charge is 0.206 e. The Kier molecular flexibility index (Phi) is 6.71. The molecule has 8 heteroatoms. The second kappa shape index (κ2) is 9.60. The zero-order valence-corrected chi connectivity index (χ0v) is 18.5. The van der Waals surface area contributed by atoms with Crippen LogP contribution in [0.15, 0.2) is 78.9 Å². The fourth-order valence-corrected chi connectivity index (χ4v) is 3.76. The van der Waals surface area contributed by atoms with Crippen molar-refractivity contribution in [2.75, 3.05) is 0 Å². The molecule has 0 fully saturated rings. The maximum atomic E-state index is 14.9. The first kappa shape index (κ1) is 25.2. The zero-order chi connectivity index (χ0) is 26.2. The number of halogens is 8. The molecule has 0 saturated carbocycles. The van der Waals surface area contributed by atoms with Gasteiger partial charge in [-0.05, 0) is 53.4 Å². The van der Waals surface area contributed by atoms with Crippen LogP contribution < -0.4 is 0 Å². The summed E-state index contributed by atoms with van der Waals surface area (Å²) in [5.74, 6) is -7.00. The number of allylic oxidation sites excluding steroid dienone is 1. The fraction of sp³-hybridized carbons (Fsp3) is 0.0714. The van der Waals surface area contributed by atoms with E-state index in [9.17, 15) is 35.1 Å².